The predicted molar refractivity (Wildman–Crippen MR) is 134 cm³/mol. The molecule has 172 valence electrons. The number of hydrogen-bond donors (Lipinski definition) is 2. The summed E-state index contributed by atoms with van der Waals surface area (Å²) in [6.45, 7) is 12.6. The molecule has 5 heteroatoms. The van der Waals surface area contributed by atoms with Crippen LogP contribution in [-0.4, -0.2) is 26.9 Å². The zero-order valence-corrected chi connectivity index (χ0v) is 20.4. The van der Waals surface area contributed by atoms with Gasteiger partial charge in [0.15, 0.2) is 11.5 Å². The van der Waals surface area contributed by atoms with E-state index in [1.54, 1.807) is 12.1 Å². The van der Waals surface area contributed by atoms with Crippen molar-refractivity contribution in [3.05, 3.63) is 65.7 Å². The molecule has 1 aromatic heterocycles. The van der Waals surface area contributed by atoms with Crippen molar-refractivity contribution in [1.29, 1.82) is 0 Å². The highest BCUT2D eigenvalue weighted by Crippen LogP contribution is 2.42. The van der Waals surface area contributed by atoms with E-state index in [1.807, 2.05) is 30.3 Å². The third-order valence-electron chi connectivity index (χ3n) is 5.97. The number of rotatable bonds is 3. The fourth-order valence-electron chi connectivity index (χ4n) is 4.19. The summed E-state index contributed by atoms with van der Waals surface area (Å²) < 4.78 is 7.47. The Morgan fingerprint density at radius 1 is 0.818 bits per heavy atom. The van der Waals surface area contributed by atoms with Gasteiger partial charge in [-0.3, -0.25) is 4.57 Å². The maximum absolute atomic E-state index is 11.2. The zero-order valence-electron chi connectivity index (χ0n) is 20.4. The Morgan fingerprint density at radius 2 is 1.42 bits per heavy atom. The molecule has 0 atom stereocenters. The van der Waals surface area contributed by atoms with Gasteiger partial charge in [-0.25, -0.2) is 4.98 Å². The minimum absolute atomic E-state index is 0.0820. The van der Waals surface area contributed by atoms with Gasteiger partial charge >= 0.3 is 0 Å². The summed E-state index contributed by atoms with van der Waals surface area (Å²) in [5.41, 5.74) is 4.85. The Kier molecular flexibility index (Phi) is 5.39. The van der Waals surface area contributed by atoms with Gasteiger partial charge < -0.3 is 14.9 Å². The fraction of sp³-hybridized carbons (Fsp3) is 0.321. The number of aromatic nitrogens is 2. The number of imidazole rings is 1. The first-order chi connectivity index (χ1) is 15.4. The van der Waals surface area contributed by atoms with E-state index in [-0.39, 0.29) is 16.6 Å². The van der Waals surface area contributed by atoms with Crippen LogP contribution in [-0.2, 0) is 10.8 Å². The molecule has 0 saturated heterocycles. The second-order valence-corrected chi connectivity index (χ2v) is 10.5. The molecule has 0 aliphatic rings. The number of aromatic hydroxyl groups is 2. The Morgan fingerprint density at radius 3 is 2.00 bits per heavy atom. The number of ether oxygens (including phenoxy) is 1. The highest BCUT2D eigenvalue weighted by atomic mass is 16.5. The van der Waals surface area contributed by atoms with E-state index in [1.165, 1.54) is 7.11 Å². The molecule has 0 fully saturated rings. The van der Waals surface area contributed by atoms with Gasteiger partial charge in [0, 0.05) is 22.4 Å². The number of phenolic OH excluding ortho intramolecular Hbond substituents is 2. The maximum Gasteiger partial charge on any atom is 0.161 e. The number of fused-ring (bicyclic) bond motifs is 1. The van der Waals surface area contributed by atoms with Crippen LogP contribution < -0.4 is 4.74 Å². The average molecular weight is 445 g/mol. The standard InChI is InChI=1S/C28H32N2O3/c1-27(2,3)19-15-18(16-20(25(19)32)28(4,5)6)30-22-11-9-8-10-21(22)29-26(30)17-12-13-23(31)24(14-17)33-7/h8-16,31-32H,1-7H3. The van der Waals surface area contributed by atoms with Crippen molar-refractivity contribution in [2.45, 2.75) is 52.4 Å². The topological polar surface area (TPSA) is 67.5 Å². The van der Waals surface area contributed by atoms with Crippen molar-refractivity contribution in [2.75, 3.05) is 7.11 Å². The quantitative estimate of drug-likeness (QED) is 0.369. The van der Waals surface area contributed by atoms with Crippen molar-refractivity contribution in [3.63, 3.8) is 0 Å². The van der Waals surface area contributed by atoms with Gasteiger partial charge in [0.25, 0.3) is 0 Å². The third-order valence-corrected chi connectivity index (χ3v) is 5.97. The minimum atomic E-state index is -0.252. The lowest BCUT2D eigenvalue weighted by molar-refractivity contribution is 0.373. The van der Waals surface area contributed by atoms with E-state index in [4.69, 9.17) is 9.72 Å². The van der Waals surface area contributed by atoms with Crippen molar-refractivity contribution < 1.29 is 14.9 Å². The first-order valence-electron chi connectivity index (χ1n) is 11.1. The summed E-state index contributed by atoms with van der Waals surface area (Å²) >= 11 is 0. The highest BCUT2D eigenvalue weighted by molar-refractivity contribution is 5.84. The third kappa shape index (κ3) is 4.04. The van der Waals surface area contributed by atoms with E-state index in [0.29, 0.717) is 11.5 Å². The monoisotopic (exact) mass is 444 g/mol. The van der Waals surface area contributed by atoms with Gasteiger partial charge in [-0.15, -0.1) is 0 Å². The van der Waals surface area contributed by atoms with Crippen LogP contribution in [0.25, 0.3) is 28.1 Å². The molecule has 5 nitrogen and oxygen atoms in total. The number of phenols is 2. The summed E-state index contributed by atoms with van der Waals surface area (Å²) in [5.74, 6) is 1.55. The van der Waals surface area contributed by atoms with Gasteiger partial charge in [-0.1, -0.05) is 53.7 Å². The second kappa shape index (κ2) is 7.84. The van der Waals surface area contributed by atoms with Crippen molar-refractivity contribution in [3.8, 4) is 34.3 Å². The Labute approximate surface area is 195 Å². The number of para-hydroxylation sites is 2. The summed E-state index contributed by atoms with van der Waals surface area (Å²) in [6.07, 6.45) is 0. The molecule has 4 aromatic rings. The molecule has 0 amide bonds. The summed E-state index contributed by atoms with van der Waals surface area (Å²) in [5, 5.41) is 21.3. The Hall–Kier alpha value is -3.47. The molecule has 0 bridgehead atoms. The van der Waals surface area contributed by atoms with Crippen LogP contribution in [0.5, 0.6) is 17.2 Å². The van der Waals surface area contributed by atoms with Crippen LogP contribution in [0.15, 0.2) is 54.6 Å². The van der Waals surface area contributed by atoms with Crippen molar-refractivity contribution in [2.24, 2.45) is 0 Å². The van der Waals surface area contributed by atoms with Gasteiger partial charge in [0.1, 0.15) is 11.6 Å². The molecule has 1 heterocycles. The maximum atomic E-state index is 11.2. The molecular weight excluding hydrogens is 412 g/mol. The highest BCUT2D eigenvalue weighted by Gasteiger charge is 2.28. The lowest BCUT2D eigenvalue weighted by Gasteiger charge is -2.28. The predicted octanol–water partition coefficient (Wildman–Crippen LogP) is 6.71. The summed E-state index contributed by atoms with van der Waals surface area (Å²) in [6, 6.07) is 17.4. The first-order valence-corrected chi connectivity index (χ1v) is 11.1. The van der Waals surface area contributed by atoms with Crippen LogP contribution in [0.4, 0.5) is 0 Å². The van der Waals surface area contributed by atoms with Crippen molar-refractivity contribution in [1.82, 2.24) is 9.55 Å². The molecule has 0 saturated carbocycles. The Balaban J connectivity index is 2.10. The van der Waals surface area contributed by atoms with Crippen LogP contribution in [0.3, 0.4) is 0 Å². The molecular formula is C28H32N2O3. The van der Waals surface area contributed by atoms with Gasteiger partial charge in [0.05, 0.1) is 18.1 Å². The average Bonchev–Trinajstić information content (AvgIpc) is 3.12. The lowest BCUT2D eigenvalue weighted by atomic mass is 9.79. The molecule has 0 radical (unpaired) electrons. The Bertz CT molecular complexity index is 1300. The van der Waals surface area contributed by atoms with E-state index in [0.717, 1.165) is 39.2 Å². The van der Waals surface area contributed by atoms with E-state index < -0.39 is 0 Å². The lowest BCUT2D eigenvalue weighted by Crippen LogP contribution is -2.18. The molecule has 3 aromatic carbocycles. The number of nitrogens with zero attached hydrogens (tertiary/aromatic N) is 2. The fourth-order valence-corrected chi connectivity index (χ4v) is 4.19. The van der Waals surface area contributed by atoms with E-state index in [2.05, 4.69) is 58.2 Å². The zero-order chi connectivity index (χ0) is 24.1. The molecule has 33 heavy (non-hydrogen) atoms. The van der Waals surface area contributed by atoms with E-state index in [9.17, 15) is 10.2 Å². The van der Waals surface area contributed by atoms with Crippen molar-refractivity contribution >= 4 is 11.0 Å². The molecule has 0 aliphatic carbocycles. The molecule has 0 unspecified atom stereocenters. The molecule has 0 aliphatic heterocycles. The number of methoxy groups -OCH3 is 1. The largest absolute Gasteiger partial charge is 0.507 e. The number of benzene rings is 3. The summed E-state index contributed by atoms with van der Waals surface area (Å²) in [7, 11) is 1.53. The minimum Gasteiger partial charge on any atom is -0.507 e. The first kappa shape index (κ1) is 22.7. The second-order valence-electron chi connectivity index (χ2n) is 10.5. The van der Waals surface area contributed by atoms with Crippen LogP contribution in [0.1, 0.15) is 52.7 Å². The van der Waals surface area contributed by atoms with Crippen LogP contribution in [0, 0.1) is 0 Å². The van der Waals surface area contributed by atoms with Gasteiger partial charge in [-0.05, 0) is 53.3 Å². The smallest absolute Gasteiger partial charge is 0.161 e. The van der Waals surface area contributed by atoms with Crippen LogP contribution in [0.2, 0.25) is 0 Å². The van der Waals surface area contributed by atoms with Gasteiger partial charge in [0.2, 0.25) is 0 Å². The summed E-state index contributed by atoms with van der Waals surface area (Å²) in [4.78, 5) is 4.93. The molecule has 2 N–H and O–H groups in total. The molecule has 4 rings (SSSR count). The number of hydrogen-bond acceptors (Lipinski definition) is 4. The normalized spacial score (nSPS) is 12.3. The SMILES string of the molecule is COc1cc(-c2nc3ccccc3n2-c2cc(C(C)(C)C)c(O)c(C(C)(C)C)c2)ccc1O. The molecule has 0 spiro atoms. The van der Waals surface area contributed by atoms with Gasteiger partial charge in [-0.2, -0.15) is 0 Å². The van der Waals surface area contributed by atoms with E-state index >= 15 is 0 Å². The van der Waals surface area contributed by atoms with Crippen LogP contribution >= 0.6 is 0 Å².